The lowest BCUT2D eigenvalue weighted by molar-refractivity contribution is -0.134. The van der Waals surface area contributed by atoms with Gasteiger partial charge in [-0.3, -0.25) is 19.2 Å². The minimum atomic E-state index is -1.36. The Labute approximate surface area is 306 Å². The smallest absolute Gasteiger partial charge is 0.238 e. The van der Waals surface area contributed by atoms with Gasteiger partial charge in [0.15, 0.2) is 11.6 Å². The molecule has 0 radical (unpaired) electrons. The van der Waals surface area contributed by atoms with Crippen molar-refractivity contribution < 1.29 is 24.3 Å². The number of hydrogen-bond donors (Lipinski definition) is 1. The second-order valence-corrected chi connectivity index (χ2v) is 14.9. The summed E-state index contributed by atoms with van der Waals surface area (Å²) in [5.74, 6) is -4.25. The first kappa shape index (κ1) is 32.3. The molecule has 4 aliphatic rings. The van der Waals surface area contributed by atoms with Gasteiger partial charge in [-0.05, 0) is 77.6 Å². The average molecular weight is 704 g/mol. The number of fused-ring (bicyclic) bond motifs is 5. The van der Waals surface area contributed by atoms with Gasteiger partial charge in [-0.15, -0.1) is 0 Å². The standard InChI is InChI=1S/C45H34ClNO5/c1-25-16-17-28(22-37(25)46)47-43(51)33-19-18-32-35(40(33)44(47)52)23-36-42(50)34(26-10-4-2-5-11-26)24-39(49)45(36,27-12-6-3-7-13-27)41(32)31-20-21-38(48)30-15-9-8-14-29(30)31/h2-18,20-22,24,33,35-36,40-41,48H,19,23H2,1H3/t33-,35+,36-,40-,41-,45-/m0/s1. The van der Waals surface area contributed by atoms with Crippen LogP contribution in [0, 0.1) is 30.6 Å². The third kappa shape index (κ3) is 4.50. The second kappa shape index (κ2) is 12.0. The number of benzene rings is 5. The van der Waals surface area contributed by atoms with Crippen LogP contribution in [-0.2, 0) is 24.6 Å². The highest BCUT2D eigenvalue weighted by Crippen LogP contribution is 2.64. The van der Waals surface area contributed by atoms with Crippen LogP contribution in [0.2, 0.25) is 5.02 Å². The van der Waals surface area contributed by atoms with E-state index in [9.17, 15) is 14.7 Å². The minimum Gasteiger partial charge on any atom is -0.507 e. The first-order valence-electron chi connectivity index (χ1n) is 17.7. The molecule has 256 valence electrons. The SMILES string of the molecule is Cc1ccc(N2C(=O)[C@H]3[C@H](CC=C4[C@H]3C[C@H]3C(=O)C(c5ccccc5)=CC(=O)[C@@]3(c3ccccc3)[C@H]4c3ccc(O)c4ccccc34)C2=O)cc1Cl. The van der Waals surface area contributed by atoms with Crippen molar-refractivity contribution in [1.82, 2.24) is 0 Å². The van der Waals surface area contributed by atoms with Crippen LogP contribution >= 0.6 is 11.6 Å². The van der Waals surface area contributed by atoms with E-state index in [1.807, 2.05) is 97.9 Å². The minimum absolute atomic E-state index is 0.107. The van der Waals surface area contributed by atoms with Crippen LogP contribution in [-0.4, -0.2) is 28.5 Å². The number of carbonyl (C=O) groups excluding carboxylic acids is 4. The first-order chi connectivity index (χ1) is 25.2. The number of imide groups is 1. The highest BCUT2D eigenvalue weighted by molar-refractivity contribution is 6.33. The summed E-state index contributed by atoms with van der Waals surface area (Å²) in [6.07, 6.45) is 4.11. The number of anilines is 1. The fraction of sp³-hybridized carbons (Fsp3) is 0.200. The van der Waals surface area contributed by atoms with Crippen LogP contribution < -0.4 is 4.90 Å². The zero-order valence-corrected chi connectivity index (χ0v) is 29.1. The lowest BCUT2D eigenvalue weighted by atomic mass is 9.44. The van der Waals surface area contributed by atoms with Gasteiger partial charge in [-0.25, -0.2) is 4.90 Å². The van der Waals surface area contributed by atoms with E-state index in [0.29, 0.717) is 33.7 Å². The number of Topliss-reactive ketones (excluding diaryl/α,β-unsaturated/α-hetero) is 1. The maximum atomic E-state index is 15.3. The molecule has 52 heavy (non-hydrogen) atoms. The quantitative estimate of drug-likeness (QED) is 0.150. The number of amides is 2. The number of aromatic hydroxyl groups is 1. The molecule has 5 aromatic carbocycles. The Morgan fingerprint density at radius 1 is 0.769 bits per heavy atom. The van der Waals surface area contributed by atoms with E-state index in [-0.39, 0.29) is 35.6 Å². The van der Waals surface area contributed by atoms with Crippen LogP contribution in [0.15, 0.2) is 133 Å². The summed E-state index contributed by atoms with van der Waals surface area (Å²) in [4.78, 5) is 60.7. The second-order valence-electron chi connectivity index (χ2n) is 14.5. The van der Waals surface area contributed by atoms with Crippen LogP contribution in [0.4, 0.5) is 5.69 Å². The highest BCUT2D eigenvalue weighted by Gasteiger charge is 2.66. The van der Waals surface area contributed by atoms with E-state index < -0.39 is 35.0 Å². The molecule has 0 spiro atoms. The molecule has 0 bridgehead atoms. The molecule has 6 atom stereocenters. The Morgan fingerprint density at radius 3 is 2.19 bits per heavy atom. The largest absolute Gasteiger partial charge is 0.507 e. The maximum absolute atomic E-state index is 15.3. The Balaban J connectivity index is 1.30. The number of phenolic OH excluding ortho intramolecular Hbond substituents is 1. The van der Waals surface area contributed by atoms with Gasteiger partial charge >= 0.3 is 0 Å². The number of nitrogens with zero attached hydrogens (tertiary/aromatic N) is 1. The van der Waals surface area contributed by atoms with E-state index in [0.717, 1.165) is 27.6 Å². The average Bonchev–Trinajstić information content (AvgIpc) is 3.43. The summed E-state index contributed by atoms with van der Waals surface area (Å²) in [6.45, 7) is 1.87. The lowest BCUT2D eigenvalue weighted by Gasteiger charge is -2.55. The van der Waals surface area contributed by atoms with Gasteiger partial charge in [-0.1, -0.05) is 120 Å². The number of aryl methyl sites for hydroxylation is 1. The highest BCUT2D eigenvalue weighted by atomic mass is 35.5. The van der Waals surface area contributed by atoms with Crippen molar-refractivity contribution in [3.8, 4) is 5.75 Å². The van der Waals surface area contributed by atoms with E-state index >= 15 is 9.59 Å². The number of rotatable bonds is 4. The lowest BCUT2D eigenvalue weighted by Crippen LogP contribution is -2.58. The number of ketones is 2. The molecule has 5 aromatic rings. The predicted octanol–water partition coefficient (Wildman–Crippen LogP) is 8.54. The van der Waals surface area contributed by atoms with E-state index in [2.05, 4.69) is 6.08 Å². The summed E-state index contributed by atoms with van der Waals surface area (Å²) in [5, 5.41) is 12.9. The summed E-state index contributed by atoms with van der Waals surface area (Å²) < 4.78 is 0. The Hall–Kier alpha value is -5.59. The van der Waals surface area contributed by atoms with E-state index in [1.54, 1.807) is 24.3 Å². The summed E-state index contributed by atoms with van der Waals surface area (Å²) >= 11 is 6.49. The van der Waals surface area contributed by atoms with Gasteiger partial charge in [0.2, 0.25) is 11.8 Å². The molecule has 0 aromatic heterocycles. The zero-order valence-electron chi connectivity index (χ0n) is 28.3. The van der Waals surface area contributed by atoms with E-state index in [4.69, 9.17) is 11.6 Å². The third-order valence-electron chi connectivity index (χ3n) is 12.0. The van der Waals surface area contributed by atoms with Gasteiger partial charge in [0.05, 0.1) is 22.9 Å². The Bertz CT molecular complexity index is 2420. The molecule has 2 amide bonds. The van der Waals surface area contributed by atoms with Crippen molar-refractivity contribution in [2.75, 3.05) is 4.90 Å². The first-order valence-corrected chi connectivity index (χ1v) is 18.1. The summed E-state index contributed by atoms with van der Waals surface area (Å²) in [7, 11) is 0. The maximum Gasteiger partial charge on any atom is 0.238 e. The number of carbonyl (C=O) groups is 4. The van der Waals surface area contributed by atoms with Crippen LogP contribution in [0.3, 0.4) is 0 Å². The molecule has 9 rings (SSSR count). The molecule has 1 aliphatic heterocycles. The molecule has 1 saturated heterocycles. The van der Waals surface area contributed by atoms with Gasteiger partial charge in [0.1, 0.15) is 5.75 Å². The molecule has 2 fully saturated rings. The molecule has 0 unspecified atom stereocenters. The zero-order chi connectivity index (χ0) is 35.9. The molecule has 1 heterocycles. The monoisotopic (exact) mass is 703 g/mol. The van der Waals surface area contributed by atoms with Crippen molar-refractivity contribution in [2.24, 2.45) is 23.7 Å². The third-order valence-corrected chi connectivity index (χ3v) is 12.4. The van der Waals surface area contributed by atoms with Gasteiger partial charge in [-0.2, -0.15) is 0 Å². The molecule has 3 aliphatic carbocycles. The Kier molecular flexibility index (Phi) is 7.46. The normalized spacial score (nSPS) is 26.8. The number of hydrogen-bond acceptors (Lipinski definition) is 5. The van der Waals surface area contributed by atoms with Crippen molar-refractivity contribution in [1.29, 1.82) is 0 Å². The number of phenols is 1. The van der Waals surface area contributed by atoms with Gasteiger partial charge < -0.3 is 5.11 Å². The molecule has 7 heteroatoms. The summed E-state index contributed by atoms with van der Waals surface area (Å²) in [5.41, 5.74) is 3.29. The van der Waals surface area contributed by atoms with Crippen LogP contribution in [0.5, 0.6) is 5.75 Å². The fourth-order valence-corrected chi connectivity index (χ4v) is 9.93. The van der Waals surface area contributed by atoms with Crippen LogP contribution in [0.25, 0.3) is 16.3 Å². The number of allylic oxidation sites excluding steroid dienone is 4. The summed E-state index contributed by atoms with van der Waals surface area (Å²) in [6, 6.07) is 35.0. The Morgan fingerprint density at radius 2 is 1.46 bits per heavy atom. The molecular weight excluding hydrogens is 670 g/mol. The molecule has 1 N–H and O–H groups in total. The van der Waals surface area contributed by atoms with Crippen molar-refractivity contribution in [3.05, 3.63) is 160 Å². The topological polar surface area (TPSA) is 91.8 Å². The fourth-order valence-electron chi connectivity index (χ4n) is 9.75. The molecule has 1 saturated carbocycles. The van der Waals surface area contributed by atoms with Gasteiger partial charge in [0.25, 0.3) is 0 Å². The van der Waals surface area contributed by atoms with Crippen molar-refractivity contribution in [2.45, 2.75) is 31.1 Å². The number of halogens is 1. The van der Waals surface area contributed by atoms with Crippen LogP contribution in [0.1, 0.15) is 41.0 Å². The predicted molar refractivity (Wildman–Crippen MR) is 201 cm³/mol. The van der Waals surface area contributed by atoms with Crippen molar-refractivity contribution >= 4 is 57.0 Å². The molecular formula is C45H34ClNO5. The van der Waals surface area contributed by atoms with Crippen molar-refractivity contribution in [3.63, 3.8) is 0 Å². The van der Waals surface area contributed by atoms with E-state index in [1.165, 1.54) is 11.0 Å². The van der Waals surface area contributed by atoms with Gasteiger partial charge in [0, 0.05) is 27.8 Å². The molecule has 6 nitrogen and oxygen atoms in total.